The average Bonchev–Trinajstić information content (AvgIpc) is 2.31. The average molecular weight is 252 g/mol. The largest absolute Gasteiger partial charge is 0.330 e. The molecule has 0 spiro atoms. The highest BCUT2D eigenvalue weighted by Gasteiger charge is 2.19. The fourth-order valence-corrected chi connectivity index (χ4v) is 1.86. The number of hydrogen-bond donors (Lipinski definition) is 2. The van der Waals surface area contributed by atoms with E-state index in [1.807, 2.05) is 13.8 Å². The number of rotatable bonds is 5. The van der Waals surface area contributed by atoms with Gasteiger partial charge in [-0.05, 0) is 30.9 Å². The van der Waals surface area contributed by atoms with Crippen LogP contribution >= 0.6 is 0 Å². The van der Waals surface area contributed by atoms with Crippen molar-refractivity contribution in [3.63, 3.8) is 0 Å². The Bertz CT molecular complexity index is 418. The minimum Gasteiger partial charge on any atom is -0.330 e. The van der Waals surface area contributed by atoms with Crippen molar-refractivity contribution in [1.82, 2.24) is 0 Å². The molecule has 100 valence electrons. The lowest BCUT2D eigenvalue weighted by Gasteiger charge is -2.17. The molecule has 0 aliphatic rings. The Balaban J connectivity index is 2.77. The SMILES string of the molecule is Cc1cccc(NC(=O)C(CN)CC(C)C)c1F. The van der Waals surface area contributed by atoms with Gasteiger partial charge < -0.3 is 11.1 Å². The molecule has 3 nitrogen and oxygen atoms in total. The van der Waals surface area contributed by atoms with E-state index in [1.165, 1.54) is 0 Å². The molecule has 3 N–H and O–H groups in total. The van der Waals surface area contributed by atoms with Crippen molar-refractivity contribution >= 4 is 11.6 Å². The molecule has 0 aliphatic carbocycles. The van der Waals surface area contributed by atoms with Crippen LogP contribution in [0.2, 0.25) is 0 Å². The summed E-state index contributed by atoms with van der Waals surface area (Å²) in [6.45, 7) is 6.00. The van der Waals surface area contributed by atoms with Gasteiger partial charge in [0, 0.05) is 6.54 Å². The molecular weight excluding hydrogens is 231 g/mol. The van der Waals surface area contributed by atoms with E-state index in [0.717, 1.165) is 0 Å². The highest BCUT2D eigenvalue weighted by atomic mass is 19.1. The van der Waals surface area contributed by atoms with Gasteiger partial charge in [0.25, 0.3) is 0 Å². The number of nitrogens with one attached hydrogen (secondary N) is 1. The van der Waals surface area contributed by atoms with E-state index in [4.69, 9.17) is 5.73 Å². The van der Waals surface area contributed by atoms with Crippen LogP contribution in [0.3, 0.4) is 0 Å². The van der Waals surface area contributed by atoms with Crippen molar-refractivity contribution in [3.05, 3.63) is 29.6 Å². The zero-order valence-electron chi connectivity index (χ0n) is 11.2. The second-order valence-electron chi connectivity index (χ2n) is 4.99. The molecule has 1 unspecified atom stereocenters. The predicted octanol–water partition coefficient (Wildman–Crippen LogP) is 2.69. The van der Waals surface area contributed by atoms with Gasteiger partial charge in [-0.1, -0.05) is 26.0 Å². The van der Waals surface area contributed by atoms with Gasteiger partial charge in [0.1, 0.15) is 5.82 Å². The minimum absolute atomic E-state index is 0.212. The normalized spacial score (nSPS) is 12.6. The van der Waals surface area contributed by atoms with E-state index in [0.29, 0.717) is 17.9 Å². The van der Waals surface area contributed by atoms with Crippen LogP contribution in [0.15, 0.2) is 18.2 Å². The van der Waals surface area contributed by atoms with Crippen LogP contribution in [0.4, 0.5) is 10.1 Å². The molecular formula is C14H21FN2O. The molecule has 0 radical (unpaired) electrons. The Hall–Kier alpha value is -1.42. The number of nitrogens with two attached hydrogens (primary N) is 1. The lowest BCUT2D eigenvalue weighted by Crippen LogP contribution is -2.30. The molecule has 0 heterocycles. The first-order chi connectivity index (χ1) is 8.45. The Labute approximate surface area is 108 Å². The number of hydrogen-bond acceptors (Lipinski definition) is 2. The van der Waals surface area contributed by atoms with Gasteiger partial charge in [-0.25, -0.2) is 4.39 Å². The Morgan fingerprint density at radius 2 is 2.11 bits per heavy atom. The molecule has 1 aromatic rings. The summed E-state index contributed by atoms with van der Waals surface area (Å²) in [7, 11) is 0. The van der Waals surface area contributed by atoms with Crippen molar-refractivity contribution in [2.75, 3.05) is 11.9 Å². The van der Waals surface area contributed by atoms with Gasteiger partial charge in [-0.3, -0.25) is 4.79 Å². The summed E-state index contributed by atoms with van der Waals surface area (Å²) in [6, 6.07) is 4.94. The van der Waals surface area contributed by atoms with Gasteiger partial charge in [0.05, 0.1) is 11.6 Å². The van der Waals surface area contributed by atoms with Crippen LogP contribution in [-0.2, 0) is 4.79 Å². The van der Waals surface area contributed by atoms with Crippen LogP contribution in [0, 0.1) is 24.6 Å². The van der Waals surface area contributed by atoms with E-state index in [2.05, 4.69) is 5.32 Å². The minimum atomic E-state index is -0.383. The van der Waals surface area contributed by atoms with E-state index >= 15 is 0 Å². The van der Waals surface area contributed by atoms with E-state index in [-0.39, 0.29) is 29.9 Å². The van der Waals surface area contributed by atoms with Crippen molar-refractivity contribution in [2.45, 2.75) is 27.2 Å². The summed E-state index contributed by atoms with van der Waals surface area (Å²) in [4.78, 5) is 12.0. The molecule has 4 heteroatoms. The van der Waals surface area contributed by atoms with E-state index < -0.39 is 0 Å². The first kappa shape index (κ1) is 14.6. The third-order valence-electron chi connectivity index (χ3n) is 2.86. The summed E-state index contributed by atoms with van der Waals surface area (Å²) >= 11 is 0. The molecule has 0 saturated carbocycles. The summed E-state index contributed by atoms with van der Waals surface area (Å²) in [6.07, 6.45) is 0.704. The number of carbonyl (C=O) groups is 1. The van der Waals surface area contributed by atoms with Crippen LogP contribution in [-0.4, -0.2) is 12.5 Å². The monoisotopic (exact) mass is 252 g/mol. The third-order valence-corrected chi connectivity index (χ3v) is 2.86. The zero-order chi connectivity index (χ0) is 13.7. The zero-order valence-corrected chi connectivity index (χ0v) is 11.2. The van der Waals surface area contributed by atoms with Crippen molar-refractivity contribution in [3.8, 4) is 0 Å². The Morgan fingerprint density at radius 3 is 2.67 bits per heavy atom. The lowest BCUT2D eigenvalue weighted by atomic mass is 9.96. The van der Waals surface area contributed by atoms with E-state index in [1.54, 1.807) is 25.1 Å². The van der Waals surface area contributed by atoms with Gasteiger partial charge in [0.2, 0.25) is 5.91 Å². The Morgan fingerprint density at radius 1 is 1.44 bits per heavy atom. The molecule has 0 saturated heterocycles. The van der Waals surface area contributed by atoms with Crippen molar-refractivity contribution in [1.29, 1.82) is 0 Å². The van der Waals surface area contributed by atoms with Crippen LogP contribution in [0.5, 0.6) is 0 Å². The maximum absolute atomic E-state index is 13.7. The van der Waals surface area contributed by atoms with E-state index in [9.17, 15) is 9.18 Å². The Kier molecular flexibility index (Phi) is 5.28. The summed E-state index contributed by atoms with van der Waals surface area (Å²) < 4.78 is 13.7. The molecule has 0 fully saturated rings. The summed E-state index contributed by atoms with van der Waals surface area (Å²) in [5.74, 6) is -0.488. The number of carbonyl (C=O) groups excluding carboxylic acids is 1. The number of amides is 1. The quantitative estimate of drug-likeness (QED) is 0.846. The summed E-state index contributed by atoms with van der Waals surface area (Å²) in [5, 5.41) is 2.61. The van der Waals surface area contributed by atoms with Crippen molar-refractivity contribution in [2.24, 2.45) is 17.6 Å². The molecule has 0 bridgehead atoms. The fourth-order valence-electron chi connectivity index (χ4n) is 1.86. The van der Waals surface area contributed by atoms with Gasteiger partial charge in [0.15, 0.2) is 0 Å². The fraction of sp³-hybridized carbons (Fsp3) is 0.500. The molecule has 0 aliphatic heterocycles. The van der Waals surface area contributed by atoms with Gasteiger partial charge in [-0.15, -0.1) is 0 Å². The number of anilines is 1. The van der Waals surface area contributed by atoms with Crippen LogP contribution < -0.4 is 11.1 Å². The van der Waals surface area contributed by atoms with Crippen LogP contribution in [0.25, 0.3) is 0 Å². The molecule has 18 heavy (non-hydrogen) atoms. The maximum Gasteiger partial charge on any atom is 0.228 e. The predicted molar refractivity (Wildman–Crippen MR) is 71.8 cm³/mol. The molecule has 1 aromatic carbocycles. The van der Waals surface area contributed by atoms with Crippen molar-refractivity contribution < 1.29 is 9.18 Å². The van der Waals surface area contributed by atoms with Crippen LogP contribution in [0.1, 0.15) is 25.8 Å². The standard InChI is InChI=1S/C14H21FN2O/c1-9(2)7-11(8-16)14(18)17-12-6-4-5-10(3)13(12)15/h4-6,9,11H,7-8,16H2,1-3H3,(H,17,18). The number of halogens is 1. The smallest absolute Gasteiger partial charge is 0.228 e. The topological polar surface area (TPSA) is 55.1 Å². The second-order valence-corrected chi connectivity index (χ2v) is 4.99. The molecule has 1 amide bonds. The first-order valence-corrected chi connectivity index (χ1v) is 6.21. The highest BCUT2D eigenvalue weighted by Crippen LogP contribution is 2.19. The molecule has 1 atom stereocenters. The third kappa shape index (κ3) is 3.81. The molecule has 0 aromatic heterocycles. The summed E-state index contributed by atoms with van der Waals surface area (Å²) in [5.41, 5.74) is 6.33. The number of aryl methyl sites for hydroxylation is 1. The first-order valence-electron chi connectivity index (χ1n) is 6.21. The van der Waals surface area contributed by atoms with Gasteiger partial charge >= 0.3 is 0 Å². The number of benzene rings is 1. The highest BCUT2D eigenvalue weighted by molar-refractivity contribution is 5.92. The molecule has 1 rings (SSSR count). The lowest BCUT2D eigenvalue weighted by molar-refractivity contribution is -0.120. The second kappa shape index (κ2) is 6.50. The maximum atomic E-state index is 13.7. The van der Waals surface area contributed by atoms with Gasteiger partial charge in [-0.2, -0.15) is 0 Å².